The van der Waals surface area contributed by atoms with Crippen LogP contribution in [0.2, 0.25) is 0 Å². The number of hydrogen-bond donors (Lipinski definition) is 2. The number of ether oxygens (including phenoxy) is 1. The number of carbonyl (C=O) groups excluding carboxylic acids is 1. The molecule has 0 unspecified atom stereocenters. The molecule has 0 saturated heterocycles. The maximum Gasteiger partial charge on any atom is 0.227 e. The molecule has 0 atom stereocenters. The Bertz CT molecular complexity index is 616. The Morgan fingerprint density at radius 1 is 1.19 bits per heavy atom. The zero-order valence-electron chi connectivity index (χ0n) is 11.4. The molecule has 0 spiro atoms. The van der Waals surface area contributed by atoms with Crippen molar-refractivity contribution in [1.29, 1.82) is 0 Å². The van der Waals surface area contributed by atoms with Crippen molar-refractivity contribution >= 4 is 27.5 Å². The van der Waals surface area contributed by atoms with Gasteiger partial charge in [-0.3, -0.25) is 4.79 Å². The molecule has 0 saturated carbocycles. The molecule has 0 radical (unpaired) electrons. The van der Waals surface area contributed by atoms with Crippen LogP contribution in [0.3, 0.4) is 0 Å². The molecule has 2 N–H and O–H groups in total. The molecule has 0 aromatic heterocycles. The van der Waals surface area contributed by atoms with Crippen molar-refractivity contribution in [2.75, 3.05) is 11.9 Å². The maximum atomic E-state index is 11.9. The highest BCUT2D eigenvalue weighted by molar-refractivity contribution is 9.10. The lowest BCUT2D eigenvalue weighted by Gasteiger charge is -2.10. The Balaban J connectivity index is 1.82. The average Bonchev–Trinajstić information content (AvgIpc) is 2.48. The van der Waals surface area contributed by atoms with E-state index in [0.717, 1.165) is 4.47 Å². The molecule has 1 amide bonds. The SMILES string of the molecule is O=C(CCOc1cccc(Br)c1)Nc1ccccc1CO. The monoisotopic (exact) mass is 349 g/mol. The normalized spacial score (nSPS) is 10.2. The van der Waals surface area contributed by atoms with E-state index in [1.807, 2.05) is 36.4 Å². The van der Waals surface area contributed by atoms with E-state index >= 15 is 0 Å². The van der Waals surface area contributed by atoms with Crippen molar-refractivity contribution in [3.8, 4) is 5.75 Å². The summed E-state index contributed by atoms with van der Waals surface area (Å²) in [6.45, 7) is 0.189. The Labute approximate surface area is 131 Å². The number of amides is 1. The molecule has 0 fully saturated rings. The van der Waals surface area contributed by atoms with Gasteiger partial charge in [0.05, 0.1) is 19.6 Å². The van der Waals surface area contributed by atoms with Crippen LogP contribution < -0.4 is 10.1 Å². The topological polar surface area (TPSA) is 58.6 Å². The van der Waals surface area contributed by atoms with E-state index in [4.69, 9.17) is 4.74 Å². The summed E-state index contributed by atoms with van der Waals surface area (Å²) >= 11 is 3.36. The third-order valence-corrected chi connectivity index (χ3v) is 3.35. The van der Waals surface area contributed by atoms with E-state index in [-0.39, 0.29) is 18.9 Å². The summed E-state index contributed by atoms with van der Waals surface area (Å²) in [6.07, 6.45) is 0.242. The second-order valence-electron chi connectivity index (χ2n) is 4.42. The third-order valence-electron chi connectivity index (χ3n) is 2.86. The predicted molar refractivity (Wildman–Crippen MR) is 85.2 cm³/mol. The summed E-state index contributed by atoms with van der Waals surface area (Å²) in [6, 6.07) is 14.6. The van der Waals surface area contributed by atoms with Crippen LogP contribution >= 0.6 is 15.9 Å². The van der Waals surface area contributed by atoms with Gasteiger partial charge in [-0.05, 0) is 24.3 Å². The number of benzene rings is 2. The van der Waals surface area contributed by atoms with E-state index in [0.29, 0.717) is 23.6 Å². The molecule has 110 valence electrons. The van der Waals surface area contributed by atoms with Crippen LogP contribution in [0.15, 0.2) is 53.0 Å². The van der Waals surface area contributed by atoms with Crippen LogP contribution in [-0.2, 0) is 11.4 Å². The number of para-hydroxylation sites is 1. The smallest absolute Gasteiger partial charge is 0.227 e. The number of aliphatic hydroxyl groups is 1. The van der Waals surface area contributed by atoms with Crippen LogP contribution in [0.5, 0.6) is 5.75 Å². The van der Waals surface area contributed by atoms with Gasteiger partial charge in [-0.15, -0.1) is 0 Å². The first-order chi connectivity index (χ1) is 10.2. The van der Waals surface area contributed by atoms with Gasteiger partial charge in [-0.1, -0.05) is 40.2 Å². The fraction of sp³-hybridized carbons (Fsp3) is 0.188. The lowest BCUT2D eigenvalue weighted by atomic mass is 10.2. The van der Waals surface area contributed by atoms with Crippen molar-refractivity contribution < 1.29 is 14.6 Å². The second-order valence-corrected chi connectivity index (χ2v) is 5.33. The molecule has 4 nitrogen and oxygen atoms in total. The number of hydrogen-bond acceptors (Lipinski definition) is 3. The molecule has 0 bridgehead atoms. The molecule has 0 aliphatic carbocycles. The van der Waals surface area contributed by atoms with Gasteiger partial charge in [-0.25, -0.2) is 0 Å². The standard InChI is InChI=1S/C16H16BrNO3/c17-13-5-3-6-14(10-13)21-9-8-16(20)18-15-7-2-1-4-12(15)11-19/h1-7,10,19H,8-9,11H2,(H,18,20). The average molecular weight is 350 g/mol. The molecule has 2 aromatic rings. The highest BCUT2D eigenvalue weighted by Crippen LogP contribution is 2.18. The number of anilines is 1. The van der Waals surface area contributed by atoms with Crippen molar-refractivity contribution in [3.05, 3.63) is 58.6 Å². The van der Waals surface area contributed by atoms with E-state index < -0.39 is 0 Å². The van der Waals surface area contributed by atoms with Gasteiger partial charge in [0.2, 0.25) is 5.91 Å². The Kier molecular flexibility index (Phi) is 5.78. The minimum atomic E-state index is -0.147. The number of carbonyl (C=O) groups is 1. The number of rotatable bonds is 6. The fourth-order valence-corrected chi connectivity index (χ4v) is 2.19. The van der Waals surface area contributed by atoms with Crippen LogP contribution in [0.4, 0.5) is 5.69 Å². The lowest BCUT2D eigenvalue weighted by molar-refractivity contribution is -0.116. The lowest BCUT2D eigenvalue weighted by Crippen LogP contribution is -2.16. The van der Waals surface area contributed by atoms with Crippen molar-refractivity contribution in [2.24, 2.45) is 0 Å². The fourth-order valence-electron chi connectivity index (χ4n) is 1.81. The van der Waals surface area contributed by atoms with E-state index in [1.54, 1.807) is 12.1 Å². The molecule has 21 heavy (non-hydrogen) atoms. The van der Waals surface area contributed by atoms with Gasteiger partial charge in [0.15, 0.2) is 0 Å². The summed E-state index contributed by atoms with van der Waals surface area (Å²) in [5, 5.41) is 12.0. The third kappa shape index (κ3) is 4.88. The number of nitrogens with one attached hydrogen (secondary N) is 1. The van der Waals surface area contributed by atoms with Crippen molar-refractivity contribution in [3.63, 3.8) is 0 Å². The quantitative estimate of drug-likeness (QED) is 0.840. The van der Waals surface area contributed by atoms with Crippen molar-refractivity contribution in [1.82, 2.24) is 0 Å². The molecular weight excluding hydrogens is 334 g/mol. The van der Waals surface area contributed by atoms with Gasteiger partial charge in [0.1, 0.15) is 5.75 Å². The molecular formula is C16H16BrNO3. The first kappa shape index (κ1) is 15.5. The first-order valence-electron chi connectivity index (χ1n) is 6.56. The molecule has 0 heterocycles. The zero-order chi connectivity index (χ0) is 15.1. The highest BCUT2D eigenvalue weighted by Gasteiger charge is 2.06. The Morgan fingerprint density at radius 3 is 2.76 bits per heavy atom. The molecule has 0 aliphatic heterocycles. The Morgan fingerprint density at radius 2 is 2.00 bits per heavy atom. The summed E-state index contributed by atoms with van der Waals surface area (Å²) in [5.74, 6) is 0.568. The van der Waals surface area contributed by atoms with Gasteiger partial charge < -0.3 is 15.2 Å². The molecule has 0 aliphatic rings. The van der Waals surface area contributed by atoms with Gasteiger partial charge in [-0.2, -0.15) is 0 Å². The molecule has 5 heteroatoms. The van der Waals surface area contributed by atoms with Crippen LogP contribution in [0, 0.1) is 0 Å². The van der Waals surface area contributed by atoms with Crippen LogP contribution in [-0.4, -0.2) is 17.6 Å². The number of halogens is 1. The maximum absolute atomic E-state index is 11.9. The second kappa shape index (κ2) is 7.81. The minimum Gasteiger partial charge on any atom is -0.493 e. The minimum absolute atomic E-state index is 0.106. The van der Waals surface area contributed by atoms with E-state index in [2.05, 4.69) is 21.2 Å². The number of aliphatic hydroxyl groups excluding tert-OH is 1. The zero-order valence-corrected chi connectivity index (χ0v) is 13.0. The summed E-state index contributed by atoms with van der Waals surface area (Å²) in [4.78, 5) is 11.9. The summed E-state index contributed by atoms with van der Waals surface area (Å²) in [7, 11) is 0. The predicted octanol–water partition coefficient (Wildman–Crippen LogP) is 3.35. The molecule has 2 rings (SSSR count). The van der Waals surface area contributed by atoms with Crippen molar-refractivity contribution in [2.45, 2.75) is 13.0 Å². The van der Waals surface area contributed by atoms with Gasteiger partial charge >= 0.3 is 0 Å². The Hall–Kier alpha value is -1.85. The largest absolute Gasteiger partial charge is 0.493 e. The molecule has 2 aromatic carbocycles. The van der Waals surface area contributed by atoms with Crippen LogP contribution in [0.1, 0.15) is 12.0 Å². The van der Waals surface area contributed by atoms with E-state index in [9.17, 15) is 9.90 Å². The summed E-state index contributed by atoms with van der Waals surface area (Å²) in [5.41, 5.74) is 1.33. The first-order valence-corrected chi connectivity index (χ1v) is 7.35. The van der Waals surface area contributed by atoms with Crippen LogP contribution in [0.25, 0.3) is 0 Å². The highest BCUT2D eigenvalue weighted by atomic mass is 79.9. The van der Waals surface area contributed by atoms with E-state index in [1.165, 1.54) is 0 Å². The van der Waals surface area contributed by atoms with Gasteiger partial charge in [0.25, 0.3) is 0 Å². The summed E-state index contributed by atoms with van der Waals surface area (Å²) < 4.78 is 6.44. The van der Waals surface area contributed by atoms with Gasteiger partial charge in [0, 0.05) is 15.7 Å².